The summed E-state index contributed by atoms with van der Waals surface area (Å²) in [4.78, 5) is 15.1. The molecule has 2 aromatic rings. The van der Waals surface area contributed by atoms with Gasteiger partial charge in [-0.1, -0.05) is 30.3 Å². The molecular weight excluding hydrogens is 554 g/mol. The first-order valence-corrected chi connectivity index (χ1v) is 10.8. The highest BCUT2D eigenvalue weighted by atomic mass is 127. The Bertz CT molecular complexity index is 768. The predicted octanol–water partition coefficient (Wildman–Crippen LogP) is 4.16. The summed E-state index contributed by atoms with van der Waals surface area (Å²) in [6.45, 7) is 3.79. The van der Waals surface area contributed by atoms with Crippen molar-refractivity contribution in [1.29, 1.82) is 0 Å². The SMILES string of the molecule is COc1cc(I)c(I)cc1C(=O)NCC1CCN(Cc2ccccc2)C1. The van der Waals surface area contributed by atoms with E-state index in [-0.39, 0.29) is 5.91 Å². The quantitative estimate of drug-likeness (QED) is 0.526. The second-order valence-electron chi connectivity index (χ2n) is 6.55. The average molecular weight is 576 g/mol. The molecule has 3 rings (SSSR count). The maximum atomic E-state index is 12.6. The smallest absolute Gasteiger partial charge is 0.255 e. The van der Waals surface area contributed by atoms with Crippen molar-refractivity contribution in [2.45, 2.75) is 13.0 Å². The van der Waals surface area contributed by atoms with E-state index in [0.29, 0.717) is 23.8 Å². The van der Waals surface area contributed by atoms with E-state index in [1.165, 1.54) is 5.56 Å². The van der Waals surface area contributed by atoms with Crippen molar-refractivity contribution < 1.29 is 9.53 Å². The number of benzene rings is 2. The number of nitrogens with zero attached hydrogens (tertiary/aromatic N) is 1. The molecule has 1 N–H and O–H groups in total. The van der Waals surface area contributed by atoms with Crippen LogP contribution in [-0.2, 0) is 6.54 Å². The molecule has 0 radical (unpaired) electrons. The van der Waals surface area contributed by atoms with Gasteiger partial charge in [0.25, 0.3) is 5.91 Å². The van der Waals surface area contributed by atoms with Crippen molar-refractivity contribution in [2.75, 3.05) is 26.7 Å². The third-order valence-corrected chi connectivity index (χ3v) is 7.47. The van der Waals surface area contributed by atoms with Crippen LogP contribution in [-0.4, -0.2) is 37.6 Å². The van der Waals surface area contributed by atoms with E-state index in [4.69, 9.17) is 4.74 Å². The van der Waals surface area contributed by atoms with E-state index in [2.05, 4.69) is 79.7 Å². The summed E-state index contributed by atoms with van der Waals surface area (Å²) < 4.78 is 7.53. The predicted molar refractivity (Wildman–Crippen MR) is 121 cm³/mol. The van der Waals surface area contributed by atoms with Crippen LogP contribution >= 0.6 is 45.2 Å². The monoisotopic (exact) mass is 576 g/mol. The van der Waals surface area contributed by atoms with Gasteiger partial charge in [0, 0.05) is 26.8 Å². The molecule has 1 aliphatic rings. The fourth-order valence-electron chi connectivity index (χ4n) is 3.27. The zero-order valence-electron chi connectivity index (χ0n) is 14.7. The molecule has 0 aromatic heterocycles. The minimum atomic E-state index is -0.0577. The van der Waals surface area contributed by atoms with Crippen LogP contribution in [0.15, 0.2) is 42.5 Å². The van der Waals surface area contributed by atoms with E-state index >= 15 is 0 Å². The number of hydrogen-bond donors (Lipinski definition) is 1. The number of nitrogens with one attached hydrogen (secondary N) is 1. The third kappa shape index (κ3) is 5.10. The highest BCUT2D eigenvalue weighted by Crippen LogP contribution is 2.26. The van der Waals surface area contributed by atoms with Crippen molar-refractivity contribution in [3.05, 3.63) is 60.7 Å². The van der Waals surface area contributed by atoms with E-state index in [9.17, 15) is 4.79 Å². The molecule has 0 saturated carbocycles. The second-order valence-corrected chi connectivity index (χ2v) is 8.88. The number of methoxy groups -OCH3 is 1. The van der Waals surface area contributed by atoms with Crippen LogP contribution in [0.5, 0.6) is 5.75 Å². The van der Waals surface area contributed by atoms with E-state index in [1.54, 1.807) is 7.11 Å². The van der Waals surface area contributed by atoms with Gasteiger partial charge < -0.3 is 10.1 Å². The summed E-state index contributed by atoms with van der Waals surface area (Å²) in [7, 11) is 1.60. The maximum absolute atomic E-state index is 12.6. The van der Waals surface area contributed by atoms with Crippen LogP contribution in [0.1, 0.15) is 22.3 Å². The number of likely N-dealkylation sites (tertiary alicyclic amines) is 1. The van der Waals surface area contributed by atoms with Crippen LogP contribution in [0.3, 0.4) is 0 Å². The Labute approximate surface area is 182 Å². The molecule has 1 amide bonds. The van der Waals surface area contributed by atoms with Gasteiger partial charge in [0.2, 0.25) is 0 Å². The summed E-state index contributed by atoms with van der Waals surface area (Å²) in [5.41, 5.74) is 1.95. The maximum Gasteiger partial charge on any atom is 0.255 e. The Morgan fingerprint density at radius 2 is 1.96 bits per heavy atom. The van der Waals surface area contributed by atoms with Crippen molar-refractivity contribution in [3.8, 4) is 5.75 Å². The molecule has 1 aliphatic heterocycles. The first-order valence-electron chi connectivity index (χ1n) is 8.64. The number of carbonyl (C=O) groups excluding carboxylic acids is 1. The third-order valence-electron chi connectivity index (χ3n) is 4.66. The van der Waals surface area contributed by atoms with Crippen molar-refractivity contribution in [3.63, 3.8) is 0 Å². The Kier molecular flexibility index (Phi) is 7.16. The first-order chi connectivity index (χ1) is 12.6. The molecule has 0 aliphatic carbocycles. The number of amides is 1. The van der Waals surface area contributed by atoms with Gasteiger partial charge in [-0.05, 0) is 81.8 Å². The van der Waals surface area contributed by atoms with Crippen LogP contribution in [0, 0.1) is 13.1 Å². The summed E-state index contributed by atoms with van der Waals surface area (Å²) >= 11 is 4.50. The molecule has 2 aromatic carbocycles. The van der Waals surface area contributed by atoms with Crippen molar-refractivity contribution >= 4 is 51.1 Å². The minimum absolute atomic E-state index is 0.0577. The topological polar surface area (TPSA) is 41.6 Å². The van der Waals surface area contributed by atoms with Crippen LogP contribution in [0.2, 0.25) is 0 Å². The van der Waals surface area contributed by atoms with Gasteiger partial charge in [0.1, 0.15) is 5.75 Å². The van der Waals surface area contributed by atoms with Gasteiger partial charge in [0.15, 0.2) is 0 Å². The molecule has 1 unspecified atom stereocenters. The summed E-state index contributed by atoms with van der Waals surface area (Å²) in [6, 6.07) is 14.4. The molecule has 0 spiro atoms. The molecule has 1 heterocycles. The van der Waals surface area contributed by atoms with Crippen LogP contribution in [0.4, 0.5) is 0 Å². The Morgan fingerprint density at radius 3 is 2.69 bits per heavy atom. The van der Waals surface area contributed by atoms with E-state index in [1.807, 2.05) is 18.2 Å². The van der Waals surface area contributed by atoms with Gasteiger partial charge in [0.05, 0.1) is 12.7 Å². The second kappa shape index (κ2) is 9.36. The van der Waals surface area contributed by atoms with Gasteiger partial charge in [-0.3, -0.25) is 9.69 Å². The summed E-state index contributed by atoms with van der Waals surface area (Å²) in [6.07, 6.45) is 1.12. The molecule has 1 saturated heterocycles. The lowest BCUT2D eigenvalue weighted by molar-refractivity contribution is 0.0944. The lowest BCUT2D eigenvalue weighted by Gasteiger charge is -2.17. The van der Waals surface area contributed by atoms with Gasteiger partial charge in [-0.15, -0.1) is 0 Å². The minimum Gasteiger partial charge on any atom is -0.496 e. The number of carbonyl (C=O) groups is 1. The van der Waals surface area contributed by atoms with Crippen LogP contribution < -0.4 is 10.1 Å². The fraction of sp³-hybridized carbons (Fsp3) is 0.350. The molecule has 1 atom stereocenters. The fourth-order valence-corrected chi connectivity index (χ4v) is 4.18. The highest BCUT2D eigenvalue weighted by molar-refractivity contribution is 14.1. The molecule has 138 valence electrons. The van der Waals surface area contributed by atoms with Crippen molar-refractivity contribution in [1.82, 2.24) is 10.2 Å². The lowest BCUT2D eigenvalue weighted by atomic mass is 10.1. The number of halogens is 2. The first kappa shape index (κ1) is 19.9. The van der Waals surface area contributed by atoms with Crippen LogP contribution in [0.25, 0.3) is 0 Å². The molecular formula is C20H22I2N2O2. The molecule has 4 nitrogen and oxygen atoms in total. The summed E-state index contributed by atoms with van der Waals surface area (Å²) in [5.74, 6) is 1.07. The molecule has 6 heteroatoms. The number of hydrogen-bond acceptors (Lipinski definition) is 3. The Hall–Kier alpha value is -0.870. The zero-order valence-corrected chi connectivity index (χ0v) is 19.0. The standard InChI is InChI=1S/C20H22I2N2O2/c1-26-19-10-18(22)17(21)9-16(19)20(25)23-11-15-7-8-24(13-15)12-14-5-3-2-4-6-14/h2-6,9-10,15H,7-8,11-13H2,1H3,(H,23,25). The Balaban J connectivity index is 1.53. The number of ether oxygens (including phenoxy) is 1. The lowest BCUT2D eigenvalue weighted by Crippen LogP contribution is -2.31. The molecule has 1 fully saturated rings. The zero-order chi connectivity index (χ0) is 18.5. The molecule has 0 bridgehead atoms. The van der Waals surface area contributed by atoms with E-state index in [0.717, 1.165) is 33.2 Å². The largest absolute Gasteiger partial charge is 0.496 e. The van der Waals surface area contributed by atoms with Gasteiger partial charge in [-0.25, -0.2) is 0 Å². The molecule has 26 heavy (non-hydrogen) atoms. The van der Waals surface area contributed by atoms with Gasteiger partial charge in [-0.2, -0.15) is 0 Å². The Morgan fingerprint density at radius 1 is 1.23 bits per heavy atom. The number of rotatable bonds is 6. The summed E-state index contributed by atoms with van der Waals surface area (Å²) in [5, 5.41) is 3.10. The van der Waals surface area contributed by atoms with Crippen molar-refractivity contribution in [2.24, 2.45) is 5.92 Å². The normalized spacial score (nSPS) is 17.3. The highest BCUT2D eigenvalue weighted by Gasteiger charge is 2.23. The van der Waals surface area contributed by atoms with E-state index < -0.39 is 0 Å². The average Bonchev–Trinajstić information content (AvgIpc) is 3.09. The van der Waals surface area contributed by atoms with Gasteiger partial charge >= 0.3 is 0 Å².